The Morgan fingerprint density at radius 1 is 0.923 bits per heavy atom. The number of halogens is 2. The number of aromatic nitrogens is 2. The molecule has 0 radical (unpaired) electrons. The van der Waals surface area contributed by atoms with Crippen LogP contribution in [0, 0.1) is 11.6 Å². The Morgan fingerprint density at radius 2 is 1.73 bits per heavy atom. The van der Waals surface area contributed by atoms with Crippen molar-refractivity contribution in [1.29, 1.82) is 0 Å². The summed E-state index contributed by atoms with van der Waals surface area (Å²) in [4.78, 5) is 25.1. The summed E-state index contributed by atoms with van der Waals surface area (Å²) in [6, 6.07) is 12.8. The van der Waals surface area contributed by atoms with Gasteiger partial charge in [0.15, 0.2) is 0 Å². The first kappa shape index (κ1) is 16.0. The third-order valence-electron chi connectivity index (χ3n) is 4.11. The number of hydrogen-bond acceptors (Lipinski definition) is 2. The second-order valence-electron chi connectivity index (χ2n) is 5.85. The van der Waals surface area contributed by atoms with Crippen molar-refractivity contribution in [2.24, 2.45) is 0 Å². The number of fused-ring (bicyclic) bond motifs is 3. The lowest BCUT2D eigenvalue weighted by molar-refractivity contribution is -0.116. The second-order valence-corrected chi connectivity index (χ2v) is 5.85. The predicted molar refractivity (Wildman–Crippen MR) is 94.2 cm³/mol. The first-order valence-corrected chi connectivity index (χ1v) is 7.87. The van der Waals surface area contributed by atoms with Crippen LogP contribution in [0.5, 0.6) is 0 Å². The van der Waals surface area contributed by atoms with E-state index in [-0.39, 0.29) is 12.2 Å². The number of nitrogens with one attached hydrogen (secondary N) is 1. The molecule has 26 heavy (non-hydrogen) atoms. The molecule has 0 fully saturated rings. The highest BCUT2D eigenvalue weighted by molar-refractivity contribution is 5.91. The molecule has 2 heterocycles. The molecule has 0 aliphatic carbocycles. The van der Waals surface area contributed by atoms with Crippen LogP contribution in [0.25, 0.3) is 16.6 Å². The number of carbonyl (C=O) groups excluding carboxylic acids is 1. The number of carbonyl (C=O) groups is 1. The van der Waals surface area contributed by atoms with Crippen LogP contribution in [0.4, 0.5) is 14.5 Å². The topological polar surface area (TPSA) is 55.5 Å². The fourth-order valence-electron chi connectivity index (χ4n) is 3.00. The van der Waals surface area contributed by atoms with Crippen LogP contribution in [0.1, 0.15) is 0 Å². The summed E-state index contributed by atoms with van der Waals surface area (Å²) in [5.74, 6) is -1.51. The summed E-state index contributed by atoms with van der Waals surface area (Å²) in [5, 5.41) is 2.54. The van der Waals surface area contributed by atoms with Crippen molar-refractivity contribution in [3.05, 3.63) is 82.8 Å². The molecule has 0 saturated heterocycles. The van der Waals surface area contributed by atoms with Crippen molar-refractivity contribution in [3.63, 3.8) is 0 Å². The van der Waals surface area contributed by atoms with Crippen LogP contribution < -0.4 is 10.9 Å². The van der Waals surface area contributed by atoms with Gasteiger partial charge in [-0.3, -0.25) is 14.2 Å². The lowest BCUT2D eigenvalue weighted by Gasteiger charge is -2.13. The lowest BCUT2D eigenvalue weighted by Crippen LogP contribution is -2.29. The Balaban J connectivity index is 1.79. The van der Waals surface area contributed by atoms with Crippen molar-refractivity contribution in [3.8, 4) is 0 Å². The first-order valence-electron chi connectivity index (χ1n) is 7.87. The van der Waals surface area contributed by atoms with E-state index in [1.54, 1.807) is 28.8 Å². The molecule has 0 spiro atoms. The van der Waals surface area contributed by atoms with Gasteiger partial charge in [0.25, 0.3) is 5.56 Å². The van der Waals surface area contributed by atoms with E-state index in [4.69, 9.17) is 0 Å². The fourth-order valence-corrected chi connectivity index (χ4v) is 3.00. The zero-order chi connectivity index (χ0) is 18.3. The monoisotopic (exact) mass is 353 g/mol. The molecule has 4 rings (SSSR count). The summed E-state index contributed by atoms with van der Waals surface area (Å²) < 4.78 is 29.8. The SMILES string of the molecule is O=C(Cn1c(=O)c2cccn2c2ccc(F)cc21)Nc1cccc(F)c1. The first-order chi connectivity index (χ1) is 12.5. The molecule has 0 aliphatic rings. The molecule has 0 unspecified atom stereocenters. The van der Waals surface area contributed by atoms with Gasteiger partial charge in [0.05, 0.1) is 11.0 Å². The average Bonchev–Trinajstić information content (AvgIpc) is 3.08. The van der Waals surface area contributed by atoms with E-state index in [1.165, 1.54) is 41.0 Å². The van der Waals surface area contributed by atoms with Crippen molar-refractivity contribution in [2.75, 3.05) is 5.32 Å². The van der Waals surface area contributed by atoms with E-state index >= 15 is 0 Å². The lowest BCUT2D eigenvalue weighted by atomic mass is 10.2. The molecule has 0 saturated carbocycles. The molecule has 2 aromatic carbocycles. The van der Waals surface area contributed by atoms with Crippen molar-refractivity contribution < 1.29 is 13.6 Å². The van der Waals surface area contributed by atoms with Crippen LogP contribution in [0.3, 0.4) is 0 Å². The Labute approximate surface area is 146 Å². The summed E-state index contributed by atoms with van der Waals surface area (Å²) in [5.41, 5.74) is 1.14. The molecule has 5 nitrogen and oxygen atoms in total. The zero-order valence-electron chi connectivity index (χ0n) is 13.4. The quantitative estimate of drug-likeness (QED) is 0.615. The largest absolute Gasteiger partial charge is 0.324 e. The van der Waals surface area contributed by atoms with Gasteiger partial charge in [0.2, 0.25) is 5.91 Å². The molecule has 0 bridgehead atoms. The van der Waals surface area contributed by atoms with Gasteiger partial charge < -0.3 is 9.72 Å². The molecule has 2 aromatic heterocycles. The Hall–Kier alpha value is -3.48. The number of rotatable bonds is 3. The molecule has 0 aliphatic heterocycles. The Morgan fingerprint density at radius 3 is 2.54 bits per heavy atom. The number of amides is 1. The molecule has 1 N–H and O–H groups in total. The maximum absolute atomic E-state index is 13.7. The highest BCUT2D eigenvalue weighted by atomic mass is 19.1. The van der Waals surface area contributed by atoms with E-state index in [2.05, 4.69) is 5.32 Å². The summed E-state index contributed by atoms with van der Waals surface area (Å²) >= 11 is 0. The van der Waals surface area contributed by atoms with E-state index < -0.39 is 23.1 Å². The molecular weight excluding hydrogens is 340 g/mol. The molecular formula is C19H13F2N3O2. The molecule has 130 valence electrons. The third kappa shape index (κ3) is 2.73. The van der Waals surface area contributed by atoms with Gasteiger partial charge in [-0.05, 0) is 48.5 Å². The number of anilines is 1. The molecule has 1 amide bonds. The minimum Gasteiger partial charge on any atom is -0.324 e. The maximum Gasteiger partial charge on any atom is 0.275 e. The number of benzene rings is 2. The van der Waals surface area contributed by atoms with E-state index in [9.17, 15) is 18.4 Å². The van der Waals surface area contributed by atoms with Crippen molar-refractivity contribution in [1.82, 2.24) is 8.97 Å². The Kier molecular flexibility index (Phi) is 3.76. The van der Waals surface area contributed by atoms with E-state index in [0.29, 0.717) is 16.6 Å². The average molecular weight is 353 g/mol. The highest BCUT2D eigenvalue weighted by Gasteiger charge is 2.14. The summed E-state index contributed by atoms with van der Waals surface area (Å²) in [6.07, 6.45) is 1.70. The minimum atomic E-state index is -0.515. The van der Waals surface area contributed by atoms with Gasteiger partial charge in [0, 0.05) is 11.9 Å². The van der Waals surface area contributed by atoms with Gasteiger partial charge in [0.1, 0.15) is 23.7 Å². The number of hydrogen-bond donors (Lipinski definition) is 1. The fraction of sp³-hybridized carbons (Fsp3) is 0.0526. The van der Waals surface area contributed by atoms with Gasteiger partial charge in [-0.25, -0.2) is 8.78 Å². The number of nitrogens with zero attached hydrogens (tertiary/aromatic N) is 2. The Bertz CT molecular complexity index is 1210. The van der Waals surface area contributed by atoms with Crippen LogP contribution in [-0.2, 0) is 11.3 Å². The zero-order valence-corrected chi connectivity index (χ0v) is 13.4. The van der Waals surface area contributed by atoms with Crippen molar-refractivity contribution >= 4 is 28.1 Å². The van der Waals surface area contributed by atoms with Crippen LogP contribution in [0.2, 0.25) is 0 Å². The van der Waals surface area contributed by atoms with Gasteiger partial charge in [-0.15, -0.1) is 0 Å². The summed E-state index contributed by atoms with van der Waals surface area (Å²) in [7, 11) is 0. The van der Waals surface area contributed by atoms with Crippen LogP contribution in [-0.4, -0.2) is 14.9 Å². The van der Waals surface area contributed by atoms with Gasteiger partial charge in [-0.2, -0.15) is 0 Å². The standard InChI is InChI=1S/C19H13F2N3O2/c20-12-3-1-4-14(9-12)22-18(25)11-24-17-10-13(21)6-7-15(17)23-8-2-5-16(23)19(24)26/h1-10H,11H2,(H,22,25). The minimum absolute atomic E-state index is 0.280. The van der Waals surface area contributed by atoms with E-state index in [1.807, 2.05) is 0 Å². The maximum atomic E-state index is 13.7. The van der Waals surface area contributed by atoms with Gasteiger partial charge in [-0.1, -0.05) is 6.07 Å². The van der Waals surface area contributed by atoms with E-state index in [0.717, 1.165) is 0 Å². The smallest absolute Gasteiger partial charge is 0.275 e. The normalized spacial score (nSPS) is 11.2. The van der Waals surface area contributed by atoms with Gasteiger partial charge >= 0.3 is 0 Å². The highest BCUT2D eigenvalue weighted by Crippen LogP contribution is 2.17. The second kappa shape index (κ2) is 6.11. The van der Waals surface area contributed by atoms with Crippen LogP contribution >= 0.6 is 0 Å². The molecule has 4 aromatic rings. The third-order valence-corrected chi connectivity index (χ3v) is 4.11. The summed E-state index contributed by atoms with van der Waals surface area (Å²) in [6.45, 7) is -0.322. The van der Waals surface area contributed by atoms with Crippen molar-refractivity contribution in [2.45, 2.75) is 6.54 Å². The molecule has 0 atom stereocenters. The van der Waals surface area contributed by atoms with Crippen LogP contribution in [0.15, 0.2) is 65.6 Å². The molecule has 7 heteroatoms. The predicted octanol–water partition coefficient (Wildman–Crippen LogP) is 3.17.